The van der Waals surface area contributed by atoms with E-state index < -0.39 is 5.97 Å². The van der Waals surface area contributed by atoms with Gasteiger partial charge in [0.1, 0.15) is 17.1 Å². The first-order chi connectivity index (χ1) is 9.06. The molecular weight excluding hydrogens is 247 g/mol. The zero-order chi connectivity index (χ0) is 14.0. The molecular formula is C15H13FO3. The SMILES string of the molecule is COc1c(C(=O)O)cccc1-c1cccc(F)c1C. The average Bonchev–Trinajstić information content (AvgIpc) is 2.41. The molecule has 1 N–H and O–H groups in total. The highest BCUT2D eigenvalue weighted by molar-refractivity contribution is 5.94. The lowest BCUT2D eigenvalue weighted by molar-refractivity contribution is 0.0693. The van der Waals surface area contributed by atoms with E-state index >= 15 is 0 Å². The largest absolute Gasteiger partial charge is 0.495 e. The number of methoxy groups -OCH3 is 1. The number of rotatable bonds is 3. The van der Waals surface area contributed by atoms with Crippen LogP contribution in [0.5, 0.6) is 5.75 Å². The average molecular weight is 260 g/mol. The van der Waals surface area contributed by atoms with Crippen LogP contribution < -0.4 is 4.74 Å². The molecule has 0 aliphatic carbocycles. The fourth-order valence-electron chi connectivity index (χ4n) is 2.04. The number of carboxylic acid groups (broad SMARTS) is 1. The van der Waals surface area contributed by atoms with Crippen molar-refractivity contribution in [3.63, 3.8) is 0 Å². The maximum Gasteiger partial charge on any atom is 0.339 e. The first-order valence-corrected chi connectivity index (χ1v) is 5.72. The Morgan fingerprint density at radius 3 is 2.42 bits per heavy atom. The van der Waals surface area contributed by atoms with Gasteiger partial charge in [0.2, 0.25) is 0 Å². The van der Waals surface area contributed by atoms with Crippen molar-refractivity contribution in [2.75, 3.05) is 7.11 Å². The zero-order valence-electron chi connectivity index (χ0n) is 10.6. The molecule has 0 aromatic heterocycles. The molecule has 0 amide bonds. The molecule has 0 unspecified atom stereocenters. The van der Waals surface area contributed by atoms with Crippen molar-refractivity contribution in [3.8, 4) is 16.9 Å². The summed E-state index contributed by atoms with van der Waals surface area (Å²) in [4.78, 5) is 11.2. The van der Waals surface area contributed by atoms with Crippen LogP contribution in [-0.4, -0.2) is 18.2 Å². The third kappa shape index (κ3) is 2.29. The van der Waals surface area contributed by atoms with E-state index in [1.54, 1.807) is 31.2 Å². The van der Waals surface area contributed by atoms with Crippen molar-refractivity contribution in [3.05, 3.63) is 53.3 Å². The van der Waals surface area contributed by atoms with Gasteiger partial charge >= 0.3 is 5.97 Å². The Morgan fingerprint density at radius 2 is 1.79 bits per heavy atom. The van der Waals surface area contributed by atoms with Crippen LogP contribution in [0.2, 0.25) is 0 Å². The number of para-hydroxylation sites is 1. The minimum Gasteiger partial charge on any atom is -0.495 e. The summed E-state index contributed by atoms with van der Waals surface area (Å²) in [6.07, 6.45) is 0. The minimum absolute atomic E-state index is 0.0589. The summed E-state index contributed by atoms with van der Waals surface area (Å²) in [7, 11) is 1.40. The van der Waals surface area contributed by atoms with Crippen LogP contribution in [0.15, 0.2) is 36.4 Å². The summed E-state index contributed by atoms with van der Waals surface area (Å²) < 4.78 is 18.8. The molecule has 0 radical (unpaired) electrons. The lowest BCUT2D eigenvalue weighted by Gasteiger charge is -2.13. The highest BCUT2D eigenvalue weighted by Gasteiger charge is 2.17. The molecule has 0 aliphatic heterocycles. The second-order valence-electron chi connectivity index (χ2n) is 4.10. The first kappa shape index (κ1) is 13.1. The Kier molecular flexibility index (Phi) is 3.51. The van der Waals surface area contributed by atoms with Crippen LogP contribution in [0, 0.1) is 12.7 Å². The fraction of sp³-hybridized carbons (Fsp3) is 0.133. The number of halogens is 1. The van der Waals surface area contributed by atoms with Crippen LogP contribution in [0.1, 0.15) is 15.9 Å². The third-order valence-corrected chi connectivity index (χ3v) is 3.01. The Bertz CT molecular complexity index is 635. The van der Waals surface area contributed by atoms with Crippen LogP contribution in [0.25, 0.3) is 11.1 Å². The first-order valence-electron chi connectivity index (χ1n) is 5.72. The number of carbonyl (C=O) groups is 1. The fourth-order valence-corrected chi connectivity index (χ4v) is 2.04. The van der Waals surface area contributed by atoms with Crippen LogP contribution >= 0.6 is 0 Å². The molecule has 0 bridgehead atoms. The molecule has 98 valence electrons. The van der Waals surface area contributed by atoms with E-state index in [1.807, 2.05) is 0 Å². The quantitative estimate of drug-likeness (QED) is 0.918. The molecule has 0 saturated heterocycles. The molecule has 19 heavy (non-hydrogen) atoms. The van der Waals surface area contributed by atoms with Crippen molar-refractivity contribution in [2.45, 2.75) is 6.92 Å². The molecule has 0 fully saturated rings. The van der Waals surface area contributed by atoms with Gasteiger partial charge in [-0.2, -0.15) is 0 Å². The second-order valence-corrected chi connectivity index (χ2v) is 4.10. The van der Waals surface area contributed by atoms with Gasteiger partial charge in [-0.05, 0) is 30.2 Å². The van der Waals surface area contributed by atoms with Crippen molar-refractivity contribution in [2.24, 2.45) is 0 Å². The van der Waals surface area contributed by atoms with Gasteiger partial charge in [-0.1, -0.05) is 24.3 Å². The van der Waals surface area contributed by atoms with Gasteiger partial charge in [-0.15, -0.1) is 0 Å². The Balaban J connectivity index is 2.72. The molecule has 0 spiro atoms. The van der Waals surface area contributed by atoms with Gasteiger partial charge in [-0.3, -0.25) is 0 Å². The number of benzene rings is 2. The van der Waals surface area contributed by atoms with Crippen molar-refractivity contribution in [1.29, 1.82) is 0 Å². The summed E-state index contributed by atoms with van der Waals surface area (Å²) in [5.41, 5.74) is 1.71. The summed E-state index contributed by atoms with van der Waals surface area (Å²) >= 11 is 0. The molecule has 2 rings (SSSR count). The predicted octanol–water partition coefficient (Wildman–Crippen LogP) is 3.51. The van der Waals surface area contributed by atoms with Crippen molar-refractivity contribution < 1.29 is 19.0 Å². The van der Waals surface area contributed by atoms with Gasteiger partial charge in [0.05, 0.1) is 7.11 Å². The van der Waals surface area contributed by atoms with Gasteiger partial charge in [-0.25, -0.2) is 9.18 Å². The number of hydrogen-bond acceptors (Lipinski definition) is 2. The minimum atomic E-state index is -1.08. The van der Waals surface area contributed by atoms with E-state index in [-0.39, 0.29) is 17.1 Å². The summed E-state index contributed by atoms with van der Waals surface area (Å²) in [6, 6.07) is 9.48. The molecule has 4 heteroatoms. The van der Waals surface area contributed by atoms with E-state index in [0.717, 1.165) is 0 Å². The maximum atomic E-state index is 13.6. The predicted molar refractivity (Wildman–Crippen MR) is 70.1 cm³/mol. The van der Waals surface area contributed by atoms with Crippen LogP contribution in [0.3, 0.4) is 0 Å². The van der Waals surface area contributed by atoms with Crippen LogP contribution in [-0.2, 0) is 0 Å². The van der Waals surface area contributed by atoms with Gasteiger partial charge < -0.3 is 9.84 Å². The lowest BCUT2D eigenvalue weighted by atomic mass is 9.97. The Morgan fingerprint density at radius 1 is 1.16 bits per heavy atom. The van der Waals surface area contributed by atoms with E-state index in [4.69, 9.17) is 9.84 Å². The maximum absolute atomic E-state index is 13.6. The van der Waals surface area contributed by atoms with Gasteiger partial charge in [0.25, 0.3) is 0 Å². The summed E-state index contributed by atoms with van der Waals surface area (Å²) in [5.74, 6) is -1.17. The van der Waals surface area contributed by atoms with E-state index in [0.29, 0.717) is 16.7 Å². The second kappa shape index (κ2) is 5.10. The topological polar surface area (TPSA) is 46.5 Å². The number of ether oxygens (including phenoxy) is 1. The number of hydrogen-bond donors (Lipinski definition) is 1. The normalized spacial score (nSPS) is 10.3. The molecule has 3 nitrogen and oxygen atoms in total. The highest BCUT2D eigenvalue weighted by atomic mass is 19.1. The summed E-state index contributed by atoms with van der Waals surface area (Å²) in [6.45, 7) is 1.65. The molecule has 0 aliphatic rings. The molecule has 2 aromatic carbocycles. The van der Waals surface area contributed by atoms with Gasteiger partial charge in [0, 0.05) is 5.56 Å². The third-order valence-electron chi connectivity index (χ3n) is 3.01. The number of carboxylic acids is 1. The highest BCUT2D eigenvalue weighted by Crippen LogP contribution is 2.35. The smallest absolute Gasteiger partial charge is 0.339 e. The lowest BCUT2D eigenvalue weighted by Crippen LogP contribution is -2.02. The Labute approximate surface area is 110 Å². The van der Waals surface area contributed by atoms with Crippen molar-refractivity contribution >= 4 is 5.97 Å². The van der Waals surface area contributed by atoms with E-state index in [1.165, 1.54) is 19.2 Å². The molecule has 0 heterocycles. The molecule has 0 atom stereocenters. The monoisotopic (exact) mass is 260 g/mol. The Hall–Kier alpha value is -2.36. The van der Waals surface area contributed by atoms with Gasteiger partial charge in [0.15, 0.2) is 0 Å². The van der Waals surface area contributed by atoms with Crippen molar-refractivity contribution in [1.82, 2.24) is 0 Å². The standard InChI is InChI=1S/C15H13FO3/c1-9-10(5-4-8-13(9)16)11-6-3-7-12(15(17)18)14(11)19-2/h3-8H,1-2H3,(H,17,18). The molecule has 0 saturated carbocycles. The summed E-state index contributed by atoms with van der Waals surface area (Å²) in [5, 5.41) is 9.14. The van der Waals surface area contributed by atoms with E-state index in [9.17, 15) is 9.18 Å². The molecule has 2 aromatic rings. The van der Waals surface area contributed by atoms with E-state index in [2.05, 4.69) is 0 Å². The number of aromatic carboxylic acids is 1. The van der Waals surface area contributed by atoms with Crippen LogP contribution in [0.4, 0.5) is 4.39 Å². The zero-order valence-corrected chi connectivity index (χ0v) is 10.6.